The van der Waals surface area contributed by atoms with E-state index in [9.17, 15) is 4.79 Å². The third-order valence-electron chi connectivity index (χ3n) is 4.08. The summed E-state index contributed by atoms with van der Waals surface area (Å²) in [6.07, 6.45) is 0.164. The first kappa shape index (κ1) is 18.1. The van der Waals surface area contributed by atoms with Gasteiger partial charge in [-0.1, -0.05) is 41.6 Å². The lowest BCUT2D eigenvalue weighted by molar-refractivity contribution is -0.121. The molecule has 9 heteroatoms. The van der Waals surface area contributed by atoms with Crippen LogP contribution in [0, 0.1) is 6.92 Å². The number of nitrogens with one attached hydrogen (secondary N) is 1. The molecule has 4 rings (SSSR count). The molecule has 3 heterocycles. The van der Waals surface area contributed by atoms with Crippen molar-refractivity contribution in [2.75, 3.05) is 0 Å². The van der Waals surface area contributed by atoms with Crippen LogP contribution in [0.5, 0.6) is 0 Å². The number of aromatic nitrogens is 4. The molecule has 0 fully saturated rings. The Labute approximate surface area is 164 Å². The summed E-state index contributed by atoms with van der Waals surface area (Å²) in [5.41, 5.74) is 0.930. The molecular weight excluding hydrogens is 378 g/mol. The van der Waals surface area contributed by atoms with Crippen LogP contribution in [0.1, 0.15) is 35.6 Å². The largest absolute Gasteiger partial charge is 0.425 e. The average Bonchev–Trinajstić information content (AvgIpc) is 3.46. The number of carbonyl (C=O) groups excluding carboxylic acids is 1. The average molecular weight is 395 g/mol. The Balaban J connectivity index is 1.42. The number of carbonyl (C=O) groups is 1. The highest BCUT2D eigenvalue weighted by Gasteiger charge is 2.23. The summed E-state index contributed by atoms with van der Waals surface area (Å²) in [7, 11) is 0. The fraction of sp³-hybridized carbons (Fsp3) is 0.211. The van der Waals surface area contributed by atoms with Gasteiger partial charge in [-0.3, -0.25) is 4.79 Å². The van der Waals surface area contributed by atoms with E-state index in [0.29, 0.717) is 23.5 Å². The molecule has 0 saturated carbocycles. The Morgan fingerprint density at radius 2 is 2.04 bits per heavy atom. The Bertz CT molecular complexity index is 1040. The second kappa shape index (κ2) is 8.13. The summed E-state index contributed by atoms with van der Waals surface area (Å²) in [5.74, 6) is 1.23. The van der Waals surface area contributed by atoms with Crippen molar-refractivity contribution >= 4 is 17.2 Å². The summed E-state index contributed by atoms with van der Waals surface area (Å²) in [5, 5.41) is 16.7. The third kappa shape index (κ3) is 4.15. The number of hydrogen-bond acceptors (Lipinski definition) is 8. The van der Waals surface area contributed by atoms with Crippen LogP contribution in [-0.4, -0.2) is 26.2 Å². The molecule has 1 atom stereocenters. The zero-order valence-electron chi connectivity index (χ0n) is 15.0. The van der Waals surface area contributed by atoms with Crippen LogP contribution in [0.15, 0.2) is 56.8 Å². The fourth-order valence-corrected chi connectivity index (χ4v) is 3.40. The van der Waals surface area contributed by atoms with Crippen molar-refractivity contribution in [1.82, 2.24) is 25.7 Å². The second-order valence-corrected chi connectivity index (χ2v) is 7.04. The Morgan fingerprint density at radius 3 is 2.75 bits per heavy atom. The quantitative estimate of drug-likeness (QED) is 0.511. The molecule has 142 valence electrons. The lowest BCUT2D eigenvalue weighted by Gasteiger charge is -2.13. The minimum atomic E-state index is -0.327. The van der Waals surface area contributed by atoms with Crippen molar-refractivity contribution in [2.45, 2.75) is 25.8 Å². The monoisotopic (exact) mass is 395 g/mol. The molecule has 3 aromatic heterocycles. The molecule has 0 aliphatic rings. The number of benzene rings is 1. The Hall–Kier alpha value is -3.33. The molecule has 1 aromatic carbocycles. The van der Waals surface area contributed by atoms with E-state index in [0.717, 1.165) is 10.4 Å². The molecule has 0 saturated heterocycles. The molecule has 8 nitrogen and oxygen atoms in total. The molecule has 4 aromatic rings. The van der Waals surface area contributed by atoms with Gasteiger partial charge in [0.2, 0.25) is 29.4 Å². The number of thiophene rings is 1. The van der Waals surface area contributed by atoms with Crippen molar-refractivity contribution in [1.29, 1.82) is 0 Å². The van der Waals surface area contributed by atoms with E-state index in [2.05, 4.69) is 25.7 Å². The minimum Gasteiger partial charge on any atom is -0.425 e. The van der Waals surface area contributed by atoms with Gasteiger partial charge in [-0.05, 0) is 17.0 Å². The van der Waals surface area contributed by atoms with Crippen LogP contribution in [0.25, 0.3) is 10.7 Å². The maximum Gasteiger partial charge on any atom is 0.246 e. The highest BCUT2D eigenvalue weighted by molar-refractivity contribution is 7.13. The van der Waals surface area contributed by atoms with E-state index >= 15 is 0 Å². The summed E-state index contributed by atoms with van der Waals surface area (Å²) in [6.45, 7) is 1.88. The standard InChI is InChI=1S/C19H17N5O3S/c1-12-22-23-19(26-12)14(13-6-3-2-4-7-13)10-16(25)20-11-17-21-18(24-27-17)15-8-5-9-28-15/h2-9,14H,10-11H2,1H3,(H,20,25). The zero-order valence-corrected chi connectivity index (χ0v) is 15.8. The number of amides is 1. The van der Waals surface area contributed by atoms with Crippen molar-refractivity contribution in [3.63, 3.8) is 0 Å². The summed E-state index contributed by atoms with van der Waals surface area (Å²) < 4.78 is 10.8. The van der Waals surface area contributed by atoms with Crippen molar-refractivity contribution in [2.24, 2.45) is 0 Å². The molecule has 28 heavy (non-hydrogen) atoms. The topological polar surface area (TPSA) is 107 Å². The maximum atomic E-state index is 12.5. The first-order chi connectivity index (χ1) is 13.7. The Kier molecular flexibility index (Phi) is 5.24. The van der Waals surface area contributed by atoms with Gasteiger partial charge >= 0.3 is 0 Å². The molecule has 1 unspecified atom stereocenters. The molecule has 0 aliphatic heterocycles. The highest BCUT2D eigenvalue weighted by atomic mass is 32.1. The van der Waals surface area contributed by atoms with E-state index < -0.39 is 0 Å². The molecule has 1 amide bonds. The first-order valence-corrected chi connectivity index (χ1v) is 9.55. The summed E-state index contributed by atoms with van der Waals surface area (Å²) in [6, 6.07) is 13.4. The number of nitrogens with zero attached hydrogens (tertiary/aromatic N) is 4. The summed E-state index contributed by atoms with van der Waals surface area (Å²) >= 11 is 1.52. The predicted molar refractivity (Wildman–Crippen MR) is 101 cm³/mol. The van der Waals surface area contributed by atoms with Crippen molar-refractivity contribution < 1.29 is 13.7 Å². The van der Waals surface area contributed by atoms with Gasteiger partial charge in [0.1, 0.15) is 0 Å². The van der Waals surface area contributed by atoms with Gasteiger partial charge in [0.15, 0.2) is 0 Å². The van der Waals surface area contributed by atoms with E-state index in [4.69, 9.17) is 8.94 Å². The van der Waals surface area contributed by atoms with Gasteiger partial charge in [0.05, 0.1) is 17.3 Å². The molecule has 0 aliphatic carbocycles. The van der Waals surface area contributed by atoms with Crippen LogP contribution in [0.2, 0.25) is 0 Å². The minimum absolute atomic E-state index is 0.154. The van der Waals surface area contributed by atoms with Crippen molar-refractivity contribution in [3.05, 3.63) is 71.1 Å². The van der Waals surface area contributed by atoms with Gasteiger partial charge in [-0.15, -0.1) is 21.5 Å². The lowest BCUT2D eigenvalue weighted by Crippen LogP contribution is -2.25. The number of aryl methyl sites for hydroxylation is 1. The Morgan fingerprint density at radius 1 is 1.18 bits per heavy atom. The van der Waals surface area contributed by atoms with Gasteiger partial charge in [-0.2, -0.15) is 4.98 Å². The molecule has 0 spiro atoms. The smallest absolute Gasteiger partial charge is 0.246 e. The first-order valence-electron chi connectivity index (χ1n) is 8.67. The van der Waals surface area contributed by atoms with Gasteiger partial charge in [0.25, 0.3) is 0 Å². The third-order valence-corrected chi connectivity index (χ3v) is 4.94. The van der Waals surface area contributed by atoms with Crippen LogP contribution < -0.4 is 5.32 Å². The van der Waals surface area contributed by atoms with Crippen molar-refractivity contribution in [3.8, 4) is 10.7 Å². The SMILES string of the molecule is Cc1nnc(C(CC(=O)NCc2nc(-c3cccs3)no2)c2ccccc2)o1. The fourth-order valence-electron chi connectivity index (χ4n) is 2.75. The van der Waals surface area contributed by atoms with E-state index in [-0.39, 0.29) is 24.8 Å². The molecule has 0 radical (unpaired) electrons. The normalized spacial score (nSPS) is 12.0. The van der Waals surface area contributed by atoms with E-state index in [1.54, 1.807) is 6.92 Å². The number of rotatable bonds is 7. The molecular formula is C19H17N5O3S. The summed E-state index contributed by atoms with van der Waals surface area (Å²) in [4.78, 5) is 17.7. The zero-order chi connectivity index (χ0) is 19.3. The van der Waals surface area contributed by atoms with Gasteiger partial charge in [-0.25, -0.2) is 0 Å². The second-order valence-electron chi connectivity index (χ2n) is 6.09. The van der Waals surface area contributed by atoms with Crippen LogP contribution in [0.3, 0.4) is 0 Å². The van der Waals surface area contributed by atoms with Gasteiger partial charge in [0, 0.05) is 13.3 Å². The lowest BCUT2D eigenvalue weighted by atomic mass is 9.95. The molecule has 1 N–H and O–H groups in total. The van der Waals surface area contributed by atoms with Crippen LogP contribution in [-0.2, 0) is 11.3 Å². The molecule has 0 bridgehead atoms. The van der Waals surface area contributed by atoms with E-state index in [1.165, 1.54) is 11.3 Å². The van der Waals surface area contributed by atoms with Gasteiger partial charge < -0.3 is 14.3 Å². The maximum absolute atomic E-state index is 12.5. The van der Waals surface area contributed by atoms with Crippen LogP contribution >= 0.6 is 11.3 Å². The van der Waals surface area contributed by atoms with E-state index in [1.807, 2.05) is 47.8 Å². The highest BCUT2D eigenvalue weighted by Crippen LogP contribution is 2.27. The number of hydrogen-bond donors (Lipinski definition) is 1. The predicted octanol–water partition coefficient (Wildman–Crippen LogP) is 3.33. The van der Waals surface area contributed by atoms with Crippen LogP contribution in [0.4, 0.5) is 0 Å².